The third-order valence-corrected chi connectivity index (χ3v) is 3.74. The van der Waals surface area contributed by atoms with E-state index in [4.69, 9.17) is 0 Å². The first kappa shape index (κ1) is 18.4. The molecule has 0 atom stereocenters. The van der Waals surface area contributed by atoms with E-state index in [1.54, 1.807) is 18.2 Å². The van der Waals surface area contributed by atoms with Gasteiger partial charge in [-0.05, 0) is 58.3 Å². The zero-order valence-corrected chi connectivity index (χ0v) is 13.9. The number of nitrogens with zero attached hydrogens (tertiary/aromatic N) is 1. The van der Waals surface area contributed by atoms with Crippen molar-refractivity contribution < 1.29 is 9.18 Å². The van der Waals surface area contributed by atoms with Crippen LogP contribution in [0.25, 0.3) is 0 Å². The molecule has 2 amide bonds. The summed E-state index contributed by atoms with van der Waals surface area (Å²) in [5.74, 6) is -0.223. The molecule has 5 heteroatoms. The van der Waals surface area contributed by atoms with Crippen LogP contribution < -0.4 is 10.6 Å². The highest BCUT2D eigenvalue weighted by atomic mass is 19.1. The van der Waals surface area contributed by atoms with Gasteiger partial charge in [0.25, 0.3) is 0 Å². The fourth-order valence-corrected chi connectivity index (χ4v) is 2.02. The number of halogens is 1. The molecular weight excluding hydrogens is 281 g/mol. The third kappa shape index (κ3) is 7.41. The van der Waals surface area contributed by atoms with Crippen LogP contribution in [0.15, 0.2) is 24.3 Å². The van der Waals surface area contributed by atoms with Crippen LogP contribution in [0.2, 0.25) is 0 Å². The molecule has 1 aromatic carbocycles. The van der Waals surface area contributed by atoms with Crippen molar-refractivity contribution in [2.24, 2.45) is 0 Å². The van der Waals surface area contributed by atoms with Crippen LogP contribution in [-0.4, -0.2) is 43.7 Å². The van der Waals surface area contributed by atoms with Gasteiger partial charge in [0.05, 0.1) is 0 Å². The molecule has 1 rings (SSSR count). The van der Waals surface area contributed by atoms with E-state index in [-0.39, 0.29) is 11.8 Å². The van der Waals surface area contributed by atoms with Crippen LogP contribution in [0.3, 0.4) is 0 Å². The first-order valence-corrected chi connectivity index (χ1v) is 7.96. The molecule has 22 heavy (non-hydrogen) atoms. The summed E-state index contributed by atoms with van der Waals surface area (Å²) in [7, 11) is 2.10. The third-order valence-electron chi connectivity index (χ3n) is 3.74. The van der Waals surface area contributed by atoms with Crippen molar-refractivity contribution in [2.45, 2.75) is 39.2 Å². The quantitative estimate of drug-likeness (QED) is 0.689. The Balaban J connectivity index is 2.06. The second-order valence-electron chi connectivity index (χ2n) is 5.81. The standard InChI is InChI=1S/C17H28FN3O/c1-14(2)21(3)13-7-6-11-19-17(22)20-12-10-15-8-4-5-9-16(15)18/h4-5,8-9,14H,6-7,10-13H2,1-3H3,(H2,19,20,22). The Hall–Kier alpha value is -1.62. The molecule has 0 bridgehead atoms. The monoisotopic (exact) mass is 309 g/mol. The molecule has 0 spiro atoms. The summed E-state index contributed by atoms with van der Waals surface area (Å²) in [6.45, 7) is 6.47. The summed E-state index contributed by atoms with van der Waals surface area (Å²) in [6.07, 6.45) is 2.52. The van der Waals surface area contributed by atoms with Gasteiger partial charge in [0, 0.05) is 19.1 Å². The molecule has 0 unspecified atom stereocenters. The van der Waals surface area contributed by atoms with Crippen LogP contribution >= 0.6 is 0 Å². The van der Waals surface area contributed by atoms with E-state index in [1.165, 1.54) is 6.07 Å². The molecule has 0 aliphatic rings. The van der Waals surface area contributed by atoms with E-state index in [2.05, 4.69) is 36.4 Å². The highest BCUT2D eigenvalue weighted by Gasteiger charge is 2.04. The molecule has 0 heterocycles. The highest BCUT2D eigenvalue weighted by molar-refractivity contribution is 5.73. The van der Waals surface area contributed by atoms with E-state index in [0.29, 0.717) is 31.1 Å². The number of amides is 2. The van der Waals surface area contributed by atoms with E-state index in [0.717, 1.165) is 19.4 Å². The Morgan fingerprint density at radius 2 is 1.86 bits per heavy atom. The number of nitrogens with one attached hydrogen (secondary N) is 2. The highest BCUT2D eigenvalue weighted by Crippen LogP contribution is 2.06. The Morgan fingerprint density at radius 3 is 2.55 bits per heavy atom. The molecule has 0 radical (unpaired) electrons. The maximum atomic E-state index is 13.4. The Kier molecular flexibility index (Phi) is 8.51. The summed E-state index contributed by atoms with van der Waals surface area (Å²) >= 11 is 0. The maximum Gasteiger partial charge on any atom is 0.314 e. The van der Waals surface area contributed by atoms with Gasteiger partial charge >= 0.3 is 6.03 Å². The molecular formula is C17H28FN3O. The number of urea groups is 1. The van der Waals surface area contributed by atoms with Crippen molar-refractivity contribution in [1.82, 2.24) is 15.5 Å². The number of rotatable bonds is 9. The number of hydrogen-bond acceptors (Lipinski definition) is 2. The first-order valence-electron chi connectivity index (χ1n) is 7.96. The van der Waals surface area contributed by atoms with Gasteiger partial charge < -0.3 is 15.5 Å². The molecule has 124 valence electrons. The largest absolute Gasteiger partial charge is 0.338 e. The van der Waals surface area contributed by atoms with Crippen LogP contribution in [0.5, 0.6) is 0 Å². The lowest BCUT2D eigenvalue weighted by Gasteiger charge is -2.20. The van der Waals surface area contributed by atoms with Gasteiger partial charge in [-0.15, -0.1) is 0 Å². The molecule has 2 N–H and O–H groups in total. The van der Waals surface area contributed by atoms with Crippen molar-refractivity contribution in [3.8, 4) is 0 Å². The Bertz CT molecular complexity index is 451. The van der Waals surface area contributed by atoms with E-state index >= 15 is 0 Å². The minimum Gasteiger partial charge on any atom is -0.338 e. The van der Waals surface area contributed by atoms with Crippen LogP contribution in [0, 0.1) is 5.82 Å². The van der Waals surface area contributed by atoms with Crippen molar-refractivity contribution in [2.75, 3.05) is 26.7 Å². The minimum atomic E-state index is -0.223. The molecule has 1 aromatic rings. The van der Waals surface area contributed by atoms with Gasteiger partial charge in [0.2, 0.25) is 0 Å². The van der Waals surface area contributed by atoms with Crippen LogP contribution in [0.1, 0.15) is 32.3 Å². The summed E-state index contributed by atoms with van der Waals surface area (Å²) < 4.78 is 13.4. The fraction of sp³-hybridized carbons (Fsp3) is 0.588. The van der Waals surface area contributed by atoms with Gasteiger partial charge in [0.1, 0.15) is 5.82 Å². The number of unbranched alkanes of at least 4 members (excludes halogenated alkanes) is 1. The zero-order chi connectivity index (χ0) is 16.4. The molecule has 4 nitrogen and oxygen atoms in total. The van der Waals surface area contributed by atoms with Gasteiger partial charge in [-0.2, -0.15) is 0 Å². The summed E-state index contributed by atoms with van der Waals surface area (Å²) in [5, 5.41) is 5.57. The van der Waals surface area contributed by atoms with E-state index < -0.39 is 0 Å². The smallest absolute Gasteiger partial charge is 0.314 e. The van der Waals surface area contributed by atoms with Crippen LogP contribution in [-0.2, 0) is 6.42 Å². The van der Waals surface area contributed by atoms with Gasteiger partial charge in [-0.3, -0.25) is 0 Å². The zero-order valence-electron chi connectivity index (χ0n) is 13.9. The molecule has 0 fully saturated rings. The minimum absolute atomic E-state index is 0.187. The van der Waals surface area contributed by atoms with Gasteiger partial charge in [0.15, 0.2) is 0 Å². The molecule has 0 aliphatic heterocycles. The number of benzene rings is 1. The van der Waals surface area contributed by atoms with Gasteiger partial charge in [-0.1, -0.05) is 18.2 Å². The lowest BCUT2D eigenvalue weighted by Crippen LogP contribution is -2.37. The maximum absolute atomic E-state index is 13.4. The van der Waals surface area contributed by atoms with Crippen molar-refractivity contribution in [3.05, 3.63) is 35.6 Å². The fourth-order valence-electron chi connectivity index (χ4n) is 2.02. The molecule has 0 aliphatic carbocycles. The van der Waals surface area contributed by atoms with Crippen molar-refractivity contribution in [3.63, 3.8) is 0 Å². The van der Waals surface area contributed by atoms with Crippen molar-refractivity contribution in [1.29, 1.82) is 0 Å². The average molecular weight is 309 g/mol. The van der Waals surface area contributed by atoms with E-state index in [1.807, 2.05) is 0 Å². The summed E-state index contributed by atoms with van der Waals surface area (Å²) in [6, 6.07) is 7.00. The van der Waals surface area contributed by atoms with Crippen LogP contribution in [0.4, 0.5) is 9.18 Å². The predicted octanol–water partition coefficient (Wildman–Crippen LogP) is 2.79. The number of carbonyl (C=O) groups is 1. The predicted molar refractivity (Wildman–Crippen MR) is 88.5 cm³/mol. The molecule has 0 saturated carbocycles. The van der Waals surface area contributed by atoms with Gasteiger partial charge in [-0.25, -0.2) is 9.18 Å². The molecule has 0 aromatic heterocycles. The first-order chi connectivity index (χ1) is 10.5. The topological polar surface area (TPSA) is 44.4 Å². The lowest BCUT2D eigenvalue weighted by atomic mass is 10.1. The molecule has 0 saturated heterocycles. The second-order valence-corrected chi connectivity index (χ2v) is 5.81. The van der Waals surface area contributed by atoms with E-state index in [9.17, 15) is 9.18 Å². The van der Waals surface area contributed by atoms with Crippen molar-refractivity contribution >= 4 is 6.03 Å². The lowest BCUT2D eigenvalue weighted by molar-refractivity contribution is 0.239. The average Bonchev–Trinajstić information content (AvgIpc) is 2.48. The number of carbonyl (C=O) groups excluding carboxylic acids is 1. The summed E-state index contributed by atoms with van der Waals surface area (Å²) in [4.78, 5) is 13.9. The normalized spacial score (nSPS) is 11.0. The second kappa shape index (κ2) is 10.2. The summed E-state index contributed by atoms with van der Waals surface area (Å²) in [5.41, 5.74) is 0.625. The Morgan fingerprint density at radius 1 is 1.18 bits per heavy atom. The number of hydrogen-bond donors (Lipinski definition) is 2. The SMILES string of the molecule is CC(C)N(C)CCCCNC(=O)NCCc1ccccc1F. The Labute approximate surface area is 133 Å².